The van der Waals surface area contributed by atoms with E-state index >= 15 is 0 Å². The first-order valence-corrected chi connectivity index (χ1v) is 7.21. The van der Waals surface area contributed by atoms with Gasteiger partial charge in [0.2, 0.25) is 0 Å². The average Bonchev–Trinajstić information content (AvgIpc) is 2.88. The molecule has 2 nitrogen and oxygen atoms in total. The van der Waals surface area contributed by atoms with E-state index in [-0.39, 0.29) is 17.0 Å². The number of rotatable bonds is 6. The van der Waals surface area contributed by atoms with Crippen molar-refractivity contribution in [3.8, 4) is 0 Å². The standard InChI is InChI=1S/C17H24O2/c1-11(2)15(18)9-17(10-16(19)12(3)4)8-13-5-6-14(17)7-13/h13-14H,1,3,5-10H2,2,4H3. The van der Waals surface area contributed by atoms with Gasteiger partial charge < -0.3 is 0 Å². The number of hydrogen-bond donors (Lipinski definition) is 0. The third kappa shape index (κ3) is 2.72. The summed E-state index contributed by atoms with van der Waals surface area (Å²) in [6.07, 6.45) is 5.69. The molecule has 2 aliphatic rings. The summed E-state index contributed by atoms with van der Waals surface area (Å²) in [6, 6.07) is 0. The number of Topliss-reactive ketones (excluding diaryl/α,β-unsaturated/α-hetero) is 2. The Balaban J connectivity index is 2.19. The SMILES string of the molecule is C=C(C)C(=O)CC1(CC(=O)C(=C)C)CC2CCC1C2. The lowest BCUT2D eigenvalue weighted by molar-refractivity contribution is -0.122. The van der Waals surface area contributed by atoms with E-state index in [1.165, 1.54) is 19.3 Å². The number of carbonyl (C=O) groups excluding carboxylic acids is 2. The van der Waals surface area contributed by atoms with Crippen LogP contribution in [0.15, 0.2) is 24.3 Å². The molecule has 2 aliphatic carbocycles. The van der Waals surface area contributed by atoms with Gasteiger partial charge in [0.25, 0.3) is 0 Å². The molecule has 0 amide bonds. The Kier molecular flexibility index (Phi) is 3.80. The van der Waals surface area contributed by atoms with Crippen molar-refractivity contribution < 1.29 is 9.59 Å². The number of hydrogen-bond acceptors (Lipinski definition) is 2. The van der Waals surface area contributed by atoms with Crippen LogP contribution in [0.2, 0.25) is 0 Å². The van der Waals surface area contributed by atoms with E-state index in [2.05, 4.69) is 13.2 Å². The third-order valence-corrected chi connectivity index (χ3v) is 5.08. The molecule has 19 heavy (non-hydrogen) atoms. The summed E-state index contributed by atoms with van der Waals surface area (Å²) in [4.78, 5) is 24.2. The van der Waals surface area contributed by atoms with Gasteiger partial charge in [-0.3, -0.25) is 9.59 Å². The number of carbonyl (C=O) groups is 2. The molecule has 0 aromatic heterocycles. The lowest BCUT2D eigenvalue weighted by Crippen LogP contribution is -2.33. The fourth-order valence-electron chi connectivity index (χ4n) is 3.99. The van der Waals surface area contributed by atoms with Crippen LogP contribution in [0.1, 0.15) is 52.4 Å². The van der Waals surface area contributed by atoms with Gasteiger partial charge >= 0.3 is 0 Å². The molecule has 104 valence electrons. The summed E-state index contributed by atoms with van der Waals surface area (Å²) < 4.78 is 0. The molecule has 2 saturated carbocycles. The van der Waals surface area contributed by atoms with Crippen LogP contribution in [-0.2, 0) is 9.59 Å². The average molecular weight is 260 g/mol. The van der Waals surface area contributed by atoms with Crippen molar-refractivity contribution in [3.05, 3.63) is 24.3 Å². The summed E-state index contributed by atoms with van der Waals surface area (Å²) in [5.41, 5.74) is 1.13. The molecule has 0 heterocycles. The van der Waals surface area contributed by atoms with Crippen molar-refractivity contribution in [2.24, 2.45) is 17.3 Å². The summed E-state index contributed by atoms with van der Waals surface area (Å²) in [5, 5.41) is 0. The van der Waals surface area contributed by atoms with Gasteiger partial charge in [0, 0.05) is 12.8 Å². The molecule has 2 heteroatoms. The number of allylic oxidation sites excluding steroid dienone is 2. The Morgan fingerprint density at radius 3 is 1.89 bits per heavy atom. The van der Waals surface area contributed by atoms with E-state index in [4.69, 9.17) is 0 Å². The first-order valence-electron chi connectivity index (χ1n) is 7.21. The van der Waals surface area contributed by atoms with E-state index < -0.39 is 0 Å². The van der Waals surface area contributed by atoms with Crippen LogP contribution in [0.5, 0.6) is 0 Å². The minimum atomic E-state index is -0.102. The lowest BCUT2D eigenvalue weighted by atomic mass is 9.66. The van der Waals surface area contributed by atoms with Crippen LogP contribution in [0, 0.1) is 17.3 Å². The quantitative estimate of drug-likeness (QED) is 0.679. The summed E-state index contributed by atoms with van der Waals surface area (Å²) in [5.74, 6) is 1.52. The predicted molar refractivity (Wildman–Crippen MR) is 76.8 cm³/mol. The Hall–Kier alpha value is -1.18. The molecule has 0 aliphatic heterocycles. The molecule has 0 N–H and O–H groups in total. The highest BCUT2D eigenvalue weighted by molar-refractivity contribution is 5.97. The Labute approximate surface area is 116 Å². The van der Waals surface area contributed by atoms with Gasteiger partial charge in [0.05, 0.1) is 0 Å². The zero-order valence-corrected chi connectivity index (χ0v) is 12.1. The maximum absolute atomic E-state index is 12.1. The lowest BCUT2D eigenvalue weighted by Gasteiger charge is -2.37. The highest BCUT2D eigenvalue weighted by Crippen LogP contribution is 2.59. The van der Waals surface area contributed by atoms with Gasteiger partial charge in [-0.25, -0.2) is 0 Å². The minimum absolute atomic E-state index is 0.102. The number of fused-ring (bicyclic) bond motifs is 2. The molecule has 0 aromatic rings. The molecule has 0 saturated heterocycles. The van der Waals surface area contributed by atoms with E-state index in [9.17, 15) is 9.59 Å². The van der Waals surface area contributed by atoms with Gasteiger partial charge in [-0.15, -0.1) is 0 Å². The van der Waals surface area contributed by atoms with E-state index in [0.29, 0.717) is 29.9 Å². The first kappa shape index (κ1) is 14.2. The zero-order chi connectivity index (χ0) is 14.2. The second-order valence-electron chi connectivity index (χ2n) is 6.70. The normalized spacial score (nSPS) is 27.3. The molecule has 2 atom stereocenters. The molecule has 0 spiro atoms. The van der Waals surface area contributed by atoms with E-state index in [1.54, 1.807) is 13.8 Å². The first-order chi connectivity index (χ1) is 8.84. The number of ketones is 2. The maximum Gasteiger partial charge on any atom is 0.158 e. The van der Waals surface area contributed by atoms with Gasteiger partial charge in [-0.2, -0.15) is 0 Å². The zero-order valence-electron chi connectivity index (χ0n) is 12.1. The second-order valence-corrected chi connectivity index (χ2v) is 6.70. The summed E-state index contributed by atoms with van der Waals surface area (Å²) in [6.45, 7) is 11.0. The maximum atomic E-state index is 12.1. The highest BCUT2D eigenvalue weighted by Gasteiger charge is 2.52. The van der Waals surface area contributed by atoms with Crippen molar-refractivity contribution in [3.63, 3.8) is 0 Å². The van der Waals surface area contributed by atoms with Gasteiger partial charge in [0.1, 0.15) is 0 Å². The van der Waals surface area contributed by atoms with Crippen LogP contribution in [0.4, 0.5) is 0 Å². The molecule has 2 bridgehead atoms. The van der Waals surface area contributed by atoms with E-state index in [1.807, 2.05) is 0 Å². The Bertz CT molecular complexity index is 416. The van der Waals surface area contributed by atoms with Crippen LogP contribution < -0.4 is 0 Å². The van der Waals surface area contributed by atoms with Crippen LogP contribution in [0.3, 0.4) is 0 Å². The van der Waals surface area contributed by atoms with Gasteiger partial charge in [-0.1, -0.05) is 19.6 Å². The molecular formula is C17H24O2. The topological polar surface area (TPSA) is 34.1 Å². The van der Waals surface area contributed by atoms with Crippen LogP contribution in [-0.4, -0.2) is 11.6 Å². The molecule has 0 radical (unpaired) electrons. The largest absolute Gasteiger partial charge is 0.295 e. The van der Waals surface area contributed by atoms with Crippen molar-refractivity contribution in [2.45, 2.75) is 52.4 Å². The van der Waals surface area contributed by atoms with Crippen molar-refractivity contribution in [1.82, 2.24) is 0 Å². The summed E-state index contributed by atoms with van der Waals surface area (Å²) in [7, 11) is 0. The van der Waals surface area contributed by atoms with E-state index in [0.717, 1.165) is 12.3 Å². The van der Waals surface area contributed by atoms with Crippen molar-refractivity contribution in [1.29, 1.82) is 0 Å². The Morgan fingerprint density at radius 1 is 1.05 bits per heavy atom. The molecule has 0 aromatic carbocycles. The molecule has 2 fully saturated rings. The fraction of sp³-hybridized carbons (Fsp3) is 0.647. The van der Waals surface area contributed by atoms with Gasteiger partial charge in [-0.05, 0) is 61.5 Å². The molecule has 2 rings (SSSR count). The monoisotopic (exact) mass is 260 g/mol. The highest BCUT2D eigenvalue weighted by atomic mass is 16.1. The van der Waals surface area contributed by atoms with Crippen LogP contribution >= 0.6 is 0 Å². The minimum Gasteiger partial charge on any atom is -0.295 e. The second kappa shape index (κ2) is 5.07. The summed E-state index contributed by atoms with van der Waals surface area (Å²) >= 11 is 0. The fourth-order valence-corrected chi connectivity index (χ4v) is 3.99. The third-order valence-electron chi connectivity index (χ3n) is 5.08. The Morgan fingerprint density at radius 2 is 1.58 bits per heavy atom. The van der Waals surface area contributed by atoms with Crippen molar-refractivity contribution in [2.75, 3.05) is 0 Å². The smallest absolute Gasteiger partial charge is 0.158 e. The van der Waals surface area contributed by atoms with Crippen LogP contribution in [0.25, 0.3) is 0 Å². The molecular weight excluding hydrogens is 236 g/mol. The predicted octanol–water partition coefficient (Wildman–Crippen LogP) is 3.86. The van der Waals surface area contributed by atoms with Gasteiger partial charge in [0.15, 0.2) is 11.6 Å². The van der Waals surface area contributed by atoms with Crippen molar-refractivity contribution >= 4 is 11.6 Å². The molecule has 2 unspecified atom stereocenters.